The molecule has 4 amide bonds. The van der Waals surface area contributed by atoms with E-state index in [9.17, 15) is 29.1 Å². The van der Waals surface area contributed by atoms with Crippen molar-refractivity contribution in [3.63, 3.8) is 0 Å². The quantitative estimate of drug-likeness (QED) is 0.0850. The normalized spacial score (nSPS) is 15.6. The van der Waals surface area contributed by atoms with E-state index in [1.54, 1.807) is 0 Å². The van der Waals surface area contributed by atoms with Crippen molar-refractivity contribution in [1.29, 1.82) is 0 Å². The van der Waals surface area contributed by atoms with Crippen molar-refractivity contribution < 1.29 is 34.2 Å². The number of carboxylic acid groups (broad SMARTS) is 1. The van der Waals surface area contributed by atoms with Crippen molar-refractivity contribution in [2.75, 3.05) is 12.3 Å². The maximum Gasteiger partial charge on any atom is 0.327 e. The van der Waals surface area contributed by atoms with E-state index in [1.165, 1.54) is 6.92 Å². The number of unbranched alkanes of at least 4 members (excludes halogenated alkanes) is 1. The number of carbonyl (C=O) groups is 5. The van der Waals surface area contributed by atoms with Crippen molar-refractivity contribution in [2.24, 2.45) is 17.2 Å². The number of hydrogen-bond acceptors (Lipinski definition) is 9. The van der Waals surface area contributed by atoms with Gasteiger partial charge >= 0.3 is 5.97 Å². The molecule has 11 N–H and O–H groups in total. The van der Waals surface area contributed by atoms with Crippen LogP contribution in [0.15, 0.2) is 0 Å². The van der Waals surface area contributed by atoms with Crippen LogP contribution in [0.3, 0.4) is 0 Å². The lowest BCUT2D eigenvalue weighted by Gasteiger charge is -2.26. The Labute approximate surface area is 185 Å². The summed E-state index contributed by atoms with van der Waals surface area (Å²) in [6, 6.07) is -5.25. The molecule has 13 nitrogen and oxygen atoms in total. The molecular weight excluding hydrogens is 432 g/mol. The summed E-state index contributed by atoms with van der Waals surface area (Å²) in [5.74, 6) is -4.90. The summed E-state index contributed by atoms with van der Waals surface area (Å²) in [7, 11) is 0. The predicted molar refractivity (Wildman–Crippen MR) is 114 cm³/mol. The van der Waals surface area contributed by atoms with E-state index in [-0.39, 0.29) is 12.2 Å². The summed E-state index contributed by atoms with van der Waals surface area (Å²) in [4.78, 5) is 59.3. The summed E-state index contributed by atoms with van der Waals surface area (Å²) in [6.45, 7) is 1.58. The molecule has 0 bridgehead atoms. The summed E-state index contributed by atoms with van der Waals surface area (Å²) in [6.07, 6.45) is -0.666. The molecule has 0 rings (SSSR count). The minimum Gasteiger partial charge on any atom is -0.480 e. The number of nitrogens with one attached hydrogen (secondary N) is 3. The molecule has 178 valence electrons. The Balaban J connectivity index is 5.35. The number of aliphatic hydroxyl groups is 1. The van der Waals surface area contributed by atoms with Gasteiger partial charge in [-0.1, -0.05) is 0 Å². The molecule has 0 heterocycles. The first-order valence-electron chi connectivity index (χ1n) is 9.61. The van der Waals surface area contributed by atoms with Crippen LogP contribution in [0, 0.1) is 0 Å². The van der Waals surface area contributed by atoms with Crippen LogP contribution in [0.1, 0.15) is 32.6 Å². The van der Waals surface area contributed by atoms with Gasteiger partial charge in [0.05, 0.1) is 18.6 Å². The van der Waals surface area contributed by atoms with E-state index in [0.717, 1.165) is 0 Å². The van der Waals surface area contributed by atoms with Gasteiger partial charge in [0.1, 0.15) is 18.1 Å². The molecule has 0 fully saturated rings. The van der Waals surface area contributed by atoms with Gasteiger partial charge in [-0.05, 0) is 32.7 Å². The summed E-state index contributed by atoms with van der Waals surface area (Å²) < 4.78 is 0. The average molecular weight is 465 g/mol. The number of aliphatic carboxylic acids is 1. The molecule has 5 atom stereocenters. The fourth-order valence-corrected chi connectivity index (χ4v) is 2.70. The highest BCUT2D eigenvalue weighted by molar-refractivity contribution is 7.80. The Bertz CT molecular complexity index is 648. The van der Waals surface area contributed by atoms with Gasteiger partial charge in [-0.2, -0.15) is 12.6 Å². The number of hydrogen-bond donors (Lipinski definition) is 9. The van der Waals surface area contributed by atoms with Gasteiger partial charge in [-0.3, -0.25) is 19.2 Å². The molecule has 0 aromatic carbocycles. The molecule has 0 aromatic heterocycles. The second-order valence-corrected chi connectivity index (χ2v) is 7.30. The van der Waals surface area contributed by atoms with Gasteiger partial charge in [0.25, 0.3) is 0 Å². The Hall–Kier alpha value is -2.42. The number of carboxylic acids is 1. The van der Waals surface area contributed by atoms with Crippen LogP contribution in [0.2, 0.25) is 0 Å². The monoisotopic (exact) mass is 464 g/mol. The molecule has 0 saturated carbocycles. The van der Waals surface area contributed by atoms with Crippen molar-refractivity contribution >= 4 is 42.2 Å². The largest absolute Gasteiger partial charge is 0.480 e. The lowest BCUT2D eigenvalue weighted by atomic mass is 10.1. The minimum absolute atomic E-state index is 0.139. The molecule has 0 aliphatic heterocycles. The number of nitrogens with two attached hydrogens (primary N) is 3. The third-order valence-corrected chi connectivity index (χ3v) is 4.56. The fourth-order valence-electron chi connectivity index (χ4n) is 2.46. The SMILES string of the molecule is CC(O)C(NC(=O)C(CCCCN)NC(=O)C(N)CC(N)=O)C(=O)NC(CS)C(=O)O. The molecular formula is C17H32N6O7S. The van der Waals surface area contributed by atoms with Crippen molar-refractivity contribution in [1.82, 2.24) is 16.0 Å². The number of aliphatic hydroxyl groups excluding tert-OH is 1. The van der Waals surface area contributed by atoms with Crippen LogP contribution in [0.5, 0.6) is 0 Å². The maximum absolute atomic E-state index is 12.7. The highest BCUT2D eigenvalue weighted by Crippen LogP contribution is 2.05. The number of primary amides is 1. The van der Waals surface area contributed by atoms with E-state index >= 15 is 0 Å². The Morgan fingerprint density at radius 2 is 1.55 bits per heavy atom. The molecule has 0 aliphatic rings. The lowest BCUT2D eigenvalue weighted by molar-refractivity contribution is -0.142. The first kappa shape index (κ1) is 28.6. The standard InChI is InChI=1S/C17H32N6O7S/c1-8(24)13(16(28)22-11(7-31)17(29)30)23-15(27)10(4-2-3-5-18)21-14(26)9(19)6-12(20)25/h8-11,13,24,31H,2-7,18-19H2,1H3,(H2,20,25)(H,21,26)(H,22,28)(H,23,27)(H,29,30). The van der Waals surface area contributed by atoms with E-state index in [0.29, 0.717) is 19.4 Å². The molecule has 5 unspecified atom stereocenters. The van der Waals surface area contributed by atoms with Crippen LogP contribution in [0.25, 0.3) is 0 Å². The average Bonchev–Trinajstić information content (AvgIpc) is 2.67. The van der Waals surface area contributed by atoms with Crippen molar-refractivity contribution in [2.45, 2.75) is 62.9 Å². The first-order valence-corrected chi connectivity index (χ1v) is 10.2. The summed E-state index contributed by atoms with van der Waals surface area (Å²) in [5, 5.41) is 25.8. The number of amides is 4. The minimum atomic E-state index is -1.50. The Morgan fingerprint density at radius 3 is 2.00 bits per heavy atom. The molecule has 0 spiro atoms. The molecule has 0 saturated heterocycles. The Morgan fingerprint density at radius 1 is 0.968 bits per heavy atom. The molecule has 0 aliphatic carbocycles. The van der Waals surface area contributed by atoms with E-state index in [2.05, 4.69) is 28.6 Å². The lowest BCUT2D eigenvalue weighted by Crippen LogP contribution is -2.60. The first-order chi connectivity index (χ1) is 14.4. The van der Waals surface area contributed by atoms with Crippen LogP contribution in [0.4, 0.5) is 0 Å². The predicted octanol–water partition coefficient (Wildman–Crippen LogP) is -3.83. The van der Waals surface area contributed by atoms with Gasteiger partial charge in [-0.25, -0.2) is 4.79 Å². The Kier molecular flexibility index (Phi) is 13.4. The molecule has 0 aromatic rings. The second-order valence-electron chi connectivity index (χ2n) is 6.93. The van der Waals surface area contributed by atoms with Crippen molar-refractivity contribution in [3.05, 3.63) is 0 Å². The second kappa shape index (κ2) is 14.6. The third-order valence-electron chi connectivity index (χ3n) is 4.20. The third kappa shape index (κ3) is 11.0. The zero-order valence-corrected chi connectivity index (χ0v) is 18.1. The summed E-state index contributed by atoms with van der Waals surface area (Å²) >= 11 is 3.83. The van der Waals surface area contributed by atoms with Gasteiger partial charge in [0.15, 0.2) is 0 Å². The van der Waals surface area contributed by atoms with E-state index in [1.807, 2.05) is 0 Å². The van der Waals surface area contributed by atoms with Gasteiger partial charge in [0, 0.05) is 5.75 Å². The highest BCUT2D eigenvalue weighted by Gasteiger charge is 2.32. The molecule has 0 radical (unpaired) electrons. The number of thiol groups is 1. The van der Waals surface area contributed by atoms with Crippen LogP contribution in [-0.2, 0) is 24.0 Å². The van der Waals surface area contributed by atoms with Crippen LogP contribution in [-0.4, -0.2) is 82.4 Å². The fraction of sp³-hybridized carbons (Fsp3) is 0.706. The smallest absolute Gasteiger partial charge is 0.327 e. The van der Waals surface area contributed by atoms with Crippen molar-refractivity contribution in [3.8, 4) is 0 Å². The van der Waals surface area contributed by atoms with Crippen LogP contribution >= 0.6 is 12.6 Å². The van der Waals surface area contributed by atoms with E-state index in [4.69, 9.17) is 22.3 Å². The molecule has 14 heteroatoms. The zero-order chi connectivity index (χ0) is 24.1. The van der Waals surface area contributed by atoms with Gasteiger partial charge in [-0.15, -0.1) is 0 Å². The summed E-state index contributed by atoms with van der Waals surface area (Å²) in [5.41, 5.74) is 16.0. The highest BCUT2D eigenvalue weighted by atomic mass is 32.1. The van der Waals surface area contributed by atoms with Crippen LogP contribution < -0.4 is 33.2 Å². The van der Waals surface area contributed by atoms with E-state index < -0.39 is 66.3 Å². The maximum atomic E-state index is 12.7. The zero-order valence-electron chi connectivity index (χ0n) is 17.2. The number of carbonyl (C=O) groups excluding carboxylic acids is 4. The molecule has 31 heavy (non-hydrogen) atoms. The van der Waals surface area contributed by atoms with Gasteiger partial charge in [0.2, 0.25) is 23.6 Å². The number of rotatable bonds is 15. The topological polar surface area (TPSA) is 240 Å². The van der Waals surface area contributed by atoms with Gasteiger partial charge < -0.3 is 43.4 Å².